The fraction of sp³-hybridized carbons (Fsp3) is 0.250. The summed E-state index contributed by atoms with van der Waals surface area (Å²) in [6.45, 7) is 1.53. The average molecular weight is 205 g/mol. The maximum Gasteiger partial charge on any atom is 0.154 e. The topological polar surface area (TPSA) is 38.3 Å². The second kappa shape index (κ2) is 5.20. The van der Waals surface area contributed by atoms with Crippen LogP contribution in [-0.4, -0.2) is 19.9 Å². The summed E-state index contributed by atoms with van der Waals surface area (Å²) in [7, 11) is 3.40. The summed E-state index contributed by atoms with van der Waals surface area (Å²) < 4.78 is 5.11. The minimum absolute atomic E-state index is 0.0159. The molecule has 0 fully saturated rings. The van der Waals surface area contributed by atoms with Gasteiger partial charge in [-0.1, -0.05) is 12.1 Å². The first-order chi connectivity index (χ1) is 7.17. The lowest BCUT2D eigenvalue weighted by Gasteiger charge is -2.08. The first kappa shape index (κ1) is 11.3. The van der Waals surface area contributed by atoms with Gasteiger partial charge in [0.2, 0.25) is 0 Å². The van der Waals surface area contributed by atoms with E-state index >= 15 is 0 Å². The number of methoxy groups -OCH3 is 1. The quantitative estimate of drug-likeness (QED) is 0.762. The molecule has 0 saturated carbocycles. The number of allylic oxidation sites excluding steroid dienone is 1. The van der Waals surface area contributed by atoms with Gasteiger partial charge in [-0.2, -0.15) is 0 Å². The molecule has 0 saturated heterocycles. The number of carbonyl (C=O) groups excluding carboxylic acids is 1. The van der Waals surface area contributed by atoms with E-state index in [1.54, 1.807) is 20.2 Å². The average Bonchev–Trinajstić information content (AvgIpc) is 2.25. The van der Waals surface area contributed by atoms with E-state index < -0.39 is 0 Å². The van der Waals surface area contributed by atoms with Crippen molar-refractivity contribution < 1.29 is 9.53 Å². The number of carbonyl (C=O) groups is 1. The van der Waals surface area contributed by atoms with Crippen LogP contribution in [0.15, 0.2) is 30.3 Å². The monoisotopic (exact) mass is 205 g/mol. The first-order valence-electron chi connectivity index (χ1n) is 4.72. The number of ketones is 1. The van der Waals surface area contributed by atoms with Crippen molar-refractivity contribution in [3.63, 3.8) is 0 Å². The highest BCUT2D eigenvalue weighted by atomic mass is 16.5. The van der Waals surface area contributed by atoms with E-state index in [4.69, 9.17) is 4.74 Å². The number of hydrogen-bond acceptors (Lipinski definition) is 3. The van der Waals surface area contributed by atoms with Crippen LogP contribution in [0.2, 0.25) is 0 Å². The van der Waals surface area contributed by atoms with E-state index in [0.717, 1.165) is 17.0 Å². The molecule has 0 unspecified atom stereocenters. The van der Waals surface area contributed by atoms with Gasteiger partial charge in [0.1, 0.15) is 5.75 Å². The molecule has 1 rings (SSSR count). The maximum atomic E-state index is 11.0. The van der Waals surface area contributed by atoms with Gasteiger partial charge < -0.3 is 10.1 Å². The van der Waals surface area contributed by atoms with Crippen LogP contribution in [0.4, 0.5) is 0 Å². The molecule has 0 spiro atoms. The Labute approximate surface area is 89.8 Å². The summed E-state index contributed by atoms with van der Waals surface area (Å²) >= 11 is 0. The highest BCUT2D eigenvalue weighted by Crippen LogP contribution is 2.17. The van der Waals surface area contributed by atoms with E-state index in [0.29, 0.717) is 0 Å². The van der Waals surface area contributed by atoms with Gasteiger partial charge in [-0.3, -0.25) is 4.79 Å². The van der Waals surface area contributed by atoms with Crippen molar-refractivity contribution in [2.75, 3.05) is 14.2 Å². The lowest BCUT2D eigenvalue weighted by atomic mass is 10.1. The molecule has 1 N–H and O–H groups in total. The molecule has 0 radical (unpaired) electrons. The van der Waals surface area contributed by atoms with Gasteiger partial charge in [0, 0.05) is 24.4 Å². The highest BCUT2D eigenvalue weighted by molar-refractivity contribution is 5.94. The number of benzene rings is 1. The van der Waals surface area contributed by atoms with Gasteiger partial charge in [0.05, 0.1) is 7.11 Å². The largest absolute Gasteiger partial charge is 0.497 e. The van der Waals surface area contributed by atoms with Crippen LogP contribution in [0.5, 0.6) is 5.75 Å². The standard InChI is InChI=1S/C12H15NO2/c1-9(14)7-12(13-2)10-5-4-6-11(8-10)15-3/h4-8,13H,1-3H3/b12-7-. The summed E-state index contributed by atoms with van der Waals surface area (Å²) in [4.78, 5) is 11.0. The molecular formula is C12H15NO2. The second-order valence-corrected chi connectivity index (χ2v) is 3.15. The molecule has 0 aliphatic rings. The van der Waals surface area contributed by atoms with Crippen molar-refractivity contribution >= 4 is 11.5 Å². The fourth-order valence-corrected chi connectivity index (χ4v) is 1.29. The van der Waals surface area contributed by atoms with E-state index in [2.05, 4.69) is 5.32 Å². The molecule has 0 aromatic heterocycles. The van der Waals surface area contributed by atoms with Crippen LogP contribution in [-0.2, 0) is 4.79 Å². The Morgan fingerprint density at radius 1 is 1.47 bits per heavy atom. The van der Waals surface area contributed by atoms with Crippen LogP contribution >= 0.6 is 0 Å². The molecule has 0 atom stereocenters. The SMILES string of the molecule is CN/C(=C\C(C)=O)c1cccc(OC)c1. The summed E-state index contributed by atoms with van der Waals surface area (Å²) in [5.74, 6) is 0.791. The minimum Gasteiger partial charge on any atom is -0.497 e. The zero-order valence-electron chi connectivity index (χ0n) is 9.20. The molecule has 1 aromatic rings. The summed E-state index contributed by atoms with van der Waals surface area (Å²) in [5.41, 5.74) is 1.73. The summed E-state index contributed by atoms with van der Waals surface area (Å²) in [6, 6.07) is 7.56. The lowest BCUT2D eigenvalue weighted by molar-refractivity contribution is -0.112. The highest BCUT2D eigenvalue weighted by Gasteiger charge is 2.01. The van der Waals surface area contributed by atoms with Gasteiger partial charge in [-0.15, -0.1) is 0 Å². The third-order valence-corrected chi connectivity index (χ3v) is 2.00. The zero-order chi connectivity index (χ0) is 11.3. The Morgan fingerprint density at radius 2 is 2.20 bits per heavy atom. The van der Waals surface area contributed by atoms with Crippen LogP contribution in [0, 0.1) is 0 Å². The van der Waals surface area contributed by atoms with E-state index in [1.165, 1.54) is 6.92 Å². The Balaban J connectivity index is 3.07. The van der Waals surface area contributed by atoms with Crippen molar-refractivity contribution in [1.29, 1.82) is 0 Å². The third kappa shape index (κ3) is 3.13. The Morgan fingerprint density at radius 3 is 2.73 bits per heavy atom. The number of rotatable bonds is 4. The van der Waals surface area contributed by atoms with Crippen molar-refractivity contribution in [1.82, 2.24) is 5.32 Å². The minimum atomic E-state index is 0.0159. The summed E-state index contributed by atoms with van der Waals surface area (Å²) in [6.07, 6.45) is 1.56. The van der Waals surface area contributed by atoms with E-state index in [9.17, 15) is 4.79 Å². The van der Waals surface area contributed by atoms with Crippen molar-refractivity contribution in [3.05, 3.63) is 35.9 Å². The predicted molar refractivity (Wildman–Crippen MR) is 60.7 cm³/mol. The van der Waals surface area contributed by atoms with Gasteiger partial charge in [-0.05, 0) is 19.1 Å². The Kier molecular flexibility index (Phi) is 3.92. The second-order valence-electron chi connectivity index (χ2n) is 3.15. The Bertz CT molecular complexity index is 383. The van der Waals surface area contributed by atoms with Crippen molar-refractivity contribution in [2.24, 2.45) is 0 Å². The van der Waals surface area contributed by atoms with Crippen LogP contribution in [0.1, 0.15) is 12.5 Å². The molecule has 15 heavy (non-hydrogen) atoms. The number of hydrogen-bond donors (Lipinski definition) is 1. The van der Waals surface area contributed by atoms with Gasteiger partial charge in [0.15, 0.2) is 5.78 Å². The number of ether oxygens (including phenoxy) is 1. The lowest BCUT2D eigenvalue weighted by Crippen LogP contribution is -2.06. The predicted octanol–water partition coefficient (Wildman–Crippen LogP) is 1.84. The molecule has 0 heterocycles. The molecule has 0 bridgehead atoms. The van der Waals surface area contributed by atoms with Crippen molar-refractivity contribution in [2.45, 2.75) is 6.92 Å². The smallest absolute Gasteiger partial charge is 0.154 e. The van der Waals surface area contributed by atoms with Gasteiger partial charge in [-0.25, -0.2) is 0 Å². The molecule has 0 amide bonds. The van der Waals surface area contributed by atoms with Crippen molar-refractivity contribution in [3.8, 4) is 5.75 Å². The molecule has 1 aromatic carbocycles. The van der Waals surface area contributed by atoms with Crippen LogP contribution in [0.25, 0.3) is 5.70 Å². The normalized spacial score (nSPS) is 11.0. The van der Waals surface area contributed by atoms with Crippen LogP contribution < -0.4 is 10.1 Å². The van der Waals surface area contributed by atoms with Gasteiger partial charge in [0.25, 0.3) is 0 Å². The summed E-state index contributed by atoms with van der Waals surface area (Å²) in [5, 5.41) is 2.99. The molecule has 0 aliphatic heterocycles. The first-order valence-corrected chi connectivity index (χ1v) is 4.72. The maximum absolute atomic E-state index is 11.0. The van der Waals surface area contributed by atoms with E-state index in [1.807, 2.05) is 24.3 Å². The van der Waals surface area contributed by atoms with Crippen LogP contribution in [0.3, 0.4) is 0 Å². The molecule has 80 valence electrons. The molecule has 3 heteroatoms. The van der Waals surface area contributed by atoms with E-state index in [-0.39, 0.29) is 5.78 Å². The fourth-order valence-electron chi connectivity index (χ4n) is 1.29. The Hall–Kier alpha value is -1.77. The third-order valence-electron chi connectivity index (χ3n) is 2.00. The molecular weight excluding hydrogens is 190 g/mol. The van der Waals surface area contributed by atoms with Gasteiger partial charge >= 0.3 is 0 Å². The zero-order valence-corrected chi connectivity index (χ0v) is 9.20. The molecule has 3 nitrogen and oxygen atoms in total. The number of nitrogens with one attached hydrogen (secondary N) is 1. The molecule has 0 aliphatic carbocycles.